The molecule has 1 amide bonds. The summed E-state index contributed by atoms with van der Waals surface area (Å²) in [6, 6.07) is 23.1. The third-order valence-electron chi connectivity index (χ3n) is 5.68. The van der Waals surface area contributed by atoms with Gasteiger partial charge in [0.15, 0.2) is 5.13 Å². The van der Waals surface area contributed by atoms with Crippen LogP contribution < -0.4 is 9.64 Å². The SMILES string of the molecule is CCN(CC)CCN(C(=O)c1cccc(Oc2ccccc2)c1)c1nc2c(C)cccc2s1. The first-order chi connectivity index (χ1) is 16.1. The minimum Gasteiger partial charge on any atom is -0.457 e. The van der Waals surface area contributed by atoms with Crippen LogP contribution >= 0.6 is 11.3 Å². The number of hydrogen-bond acceptors (Lipinski definition) is 5. The first-order valence-electron chi connectivity index (χ1n) is 11.3. The monoisotopic (exact) mass is 459 g/mol. The molecule has 0 radical (unpaired) electrons. The summed E-state index contributed by atoms with van der Waals surface area (Å²) in [6.07, 6.45) is 0. The zero-order chi connectivity index (χ0) is 23.2. The molecule has 0 fully saturated rings. The van der Waals surface area contributed by atoms with Crippen molar-refractivity contribution < 1.29 is 9.53 Å². The van der Waals surface area contributed by atoms with Gasteiger partial charge < -0.3 is 9.64 Å². The second-order valence-corrected chi connectivity index (χ2v) is 8.85. The van der Waals surface area contributed by atoms with Crippen molar-refractivity contribution in [2.75, 3.05) is 31.1 Å². The number of ether oxygens (including phenoxy) is 1. The maximum Gasteiger partial charge on any atom is 0.260 e. The predicted molar refractivity (Wildman–Crippen MR) is 137 cm³/mol. The first kappa shape index (κ1) is 23.0. The highest BCUT2D eigenvalue weighted by molar-refractivity contribution is 7.22. The van der Waals surface area contributed by atoms with Crippen molar-refractivity contribution in [1.29, 1.82) is 0 Å². The number of para-hydroxylation sites is 2. The molecule has 4 rings (SSSR count). The molecule has 5 nitrogen and oxygen atoms in total. The Morgan fingerprint density at radius 2 is 1.64 bits per heavy atom. The van der Waals surface area contributed by atoms with E-state index in [9.17, 15) is 4.79 Å². The fourth-order valence-electron chi connectivity index (χ4n) is 3.73. The van der Waals surface area contributed by atoms with Crippen LogP contribution in [0.5, 0.6) is 11.5 Å². The lowest BCUT2D eigenvalue weighted by atomic mass is 10.2. The summed E-state index contributed by atoms with van der Waals surface area (Å²) in [5.41, 5.74) is 2.66. The topological polar surface area (TPSA) is 45.7 Å². The van der Waals surface area contributed by atoms with Gasteiger partial charge in [-0.25, -0.2) is 4.98 Å². The van der Waals surface area contributed by atoms with Crippen molar-refractivity contribution >= 4 is 32.6 Å². The second-order valence-electron chi connectivity index (χ2n) is 7.84. The number of amides is 1. The molecule has 1 aromatic heterocycles. The number of likely N-dealkylation sites (N-methyl/N-ethyl adjacent to an activating group) is 1. The minimum absolute atomic E-state index is 0.0719. The first-order valence-corrected chi connectivity index (χ1v) is 12.1. The molecule has 0 saturated heterocycles. The van der Waals surface area contributed by atoms with Crippen LogP contribution in [0.1, 0.15) is 29.8 Å². The van der Waals surface area contributed by atoms with E-state index in [1.807, 2.05) is 59.5 Å². The summed E-state index contributed by atoms with van der Waals surface area (Å²) in [7, 11) is 0. The summed E-state index contributed by atoms with van der Waals surface area (Å²) in [4.78, 5) is 22.7. The quantitative estimate of drug-likeness (QED) is 0.291. The number of nitrogens with zero attached hydrogens (tertiary/aromatic N) is 3. The molecule has 170 valence electrons. The van der Waals surface area contributed by atoms with Gasteiger partial charge in [0, 0.05) is 18.7 Å². The van der Waals surface area contributed by atoms with Gasteiger partial charge in [-0.15, -0.1) is 0 Å². The molecule has 0 spiro atoms. The molecule has 0 saturated carbocycles. The van der Waals surface area contributed by atoms with Crippen LogP contribution in [0.3, 0.4) is 0 Å². The van der Waals surface area contributed by atoms with Crippen LogP contribution in [0.4, 0.5) is 5.13 Å². The highest BCUT2D eigenvalue weighted by Crippen LogP contribution is 2.32. The number of aromatic nitrogens is 1. The number of rotatable bonds is 9. The number of carbonyl (C=O) groups is 1. The van der Waals surface area contributed by atoms with Gasteiger partial charge in [0.2, 0.25) is 0 Å². The van der Waals surface area contributed by atoms with E-state index in [4.69, 9.17) is 9.72 Å². The highest BCUT2D eigenvalue weighted by atomic mass is 32.1. The Balaban J connectivity index is 1.65. The van der Waals surface area contributed by atoms with E-state index >= 15 is 0 Å². The van der Waals surface area contributed by atoms with Gasteiger partial charge in [0.25, 0.3) is 5.91 Å². The Hall–Kier alpha value is -3.22. The Bertz CT molecular complexity index is 1220. The van der Waals surface area contributed by atoms with Gasteiger partial charge in [-0.2, -0.15) is 0 Å². The number of fused-ring (bicyclic) bond motifs is 1. The Labute approximate surface area is 199 Å². The standard InChI is InChI=1S/C27H29N3O2S/c1-4-29(5-2)17-18-30(27-28-25-20(3)11-9-16-24(25)33-27)26(31)21-12-10-15-23(19-21)32-22-13-7-6-8-14-22/h6-16,19H,4-5,17-18H2,1-3H3. The molecule has 3 aromatic carbocycles. The van der Waals surface area contributed by atoms with E-state index in [2.05, 4.69) is 37.8 Å². The molecule has 0 aliphatic heterocycles. The molecular formula is C27H29N3O2S. The number of anilines is 1. The molecule has 1 heterocycles. The van der Waals surface area contributed by atoms with Gasteiger partial charge in [0.1, 0.15) is 11.5 Å². The lowest BCUT2D eigenvalue weighted by Crippen LogP contribution is -2.38. The fourth-order valence-corrected chi connectivity index (χ4v) is 4.80. The molecule has 4 aromatic rings. The average Bonchev–Trinajstić information content (AvgIpc) is 3.28. The van der Waals surface area contributed by atoms with Gasteiger partial charge in [-0.3, -0.25) is 9.69 Å². The third-order valence-corrected chi connectivity index (χ3v) is 6.72. The molecule has 33 heavy (non-hydrogen) atoms. The van der Waals surface area contributed by atoms with Crippen molar-refractivity contribution in [2.24, 2.45) is 0 Å². The molecule has 0 bridgehead atoms. The number of hydrogen-bond donors (Lipinski definition) is 0. The predicted octanol–water partition coefficient (Wildman–Crippen LogP) is 6.39. The van der Waals surface area contributed by atoms with Crippen LogP contribution in [0.25, 0.3) is 10.2 Å². The van der Waals surface area contributed by atoms with Gasteiger partial charge >= 0.3 is 0 Å². The normalized spacial score (nSPS) is 11.2. The maximum atomic E-state index is 13.7. The Kier molecular flexibility index (Phi) is 7.37. The van der Waals surface area contributed by atoms with E-state index in [-0.39, 0.29) is 5.91 Å². The zero-order valence-electron chi connectivity index (χ0n) is 19.3. The number of carbonyl (C=O) groups excluding carboxylic acids is 1. The number of thiazole rings is 1. The van der Waals surface area contributed by atoms with Crippen LogP contribution in [0.2, 0.25) is 0 Å². The van der Waals surface area contributed by atoms with E-state index in [1.54, 1.807) is 17.4 Å². The molecule has 0 aliphatic carbocycles. The van der Waals surface area contributed by atoms with Crippen molar-refractivity contribution in [2.45, 2.75) is 20.8 Å². The lowest BCUT2D eigenvalue weighted by Gasteiger charge is -2.25. The average molecular weight is 460 g/mol. The second kappa shape index (κ2) is 10.6. The van der Waals surface area contributed by atoms with Crippen LogP contribution in [0, 0.1) is 6.92 Å². The highest BCUT2D eigenvalue weighted by Gasteiger charge is 2.22. The van der Waals surface area contributed by atoms with E-state index in [0.717, 1.165) is 46.3 Å². The summed E-state index contributed by atoms with van der Waals surface area (Å²) in [6.45, 7) is 9.58. The molecular weight excluding hydrogens is 430 g/mol. The van der Waals surface area contributed by atoms with Gasteiger partial charge in [0.05, 0.1) is 10.2 Å². The minimum atomic E-state index is -0.0719. The van der Waals surface area contributed by atoms with Crippen LogP contribution in [-0.2, 0) is 0 Å². The van der Waals surface area contributed by atoms with E-state index < -0.39 is 0 Å². The summed E-state index contributed by atoms with van der Waals surface area (Å²) >= 11 is 1.56. The molecule has 0 atom stereocenters. The summed E-state index contributed by atoms with van der Waals surface area (Å²) in [5.74, 6) is 1.30. The number of aryl methyl sites for hydroxylation is 1. The van der Waals surface area contributed by atoms with Crippen LogP contribution in [0.15, 0.2) is 72.8 Å². The van der Waals surface area contributed by atoms with E-state index in [0.29, 0.717) is 17.9 Å². The van der Waals surface area contributed by atoms with Gasteiger partial charge in [-0.05, 0) is 62.0 Å². The van der Waals surface area contributed by atoms with Crippen molar-refractivity contribution in [3.63, 3.8) is 0 Å². The van der Waals surface area contributed by atoms with Gasteiger partial charge in [-0.1, -0.05) is 61.6 Å². The van der Waals surface area contributed by atoms with Crippen molar-refractivity contribution in [1.82, 2.24) is 9.88 Å². The molecule has 6 heteroatoms. The number of benzene rings is 3. The van der Waals surface area contributed by atoms with E-state index in [1.165, 1.54) is 0 Å². The fraction of sp³-hybridized carbons (Fsp3) is 0.259. The largest absolute Gasteiger partial charge is 0.457 e. The Morgan fingerprint density at radius 1 is 0.909 bits per heavy atom. The van der Waals surface area contributed by atoms with Crippen LogP contribution in [-0.4, -0.2) is 42.0 Å². The Morgan fingerprint density at radius 3 is 2.36 bits per heavy atom. The summed E-state index contributed by atoms with van der Waals surface area (Å²) < 4.78 is 7.05. The molecule has 0 N–H and O–H groups in total. The maximum absolute atomic E-state index is 13.7. The molecule has 0 unspecified atom stereocenters. The van der Waals surface area contributed by atoms with Crippen molar-refractivity contribution in [3.05, 3.63) is 83.9 Å². The van der Waals surface area contributed by atoms with Crippen molar-refractivity contribution in [3.8, 4) is 11.5 Å². The lowest BCUT2D eigenvalue weighted by molar-refractivity contribution is 0.0983. The smallest absolute Gasteiger partial charge is 0.260 e. The third kappa shape index (κ3) is 5.41. The molecule has 0 aliphatic rings. The summed E-state index contributed by atoms with van der Waals surface area (Å²) in [5, 5.41) is 0.728. The zero-order valence-corrected chi connectivity index (χ0v) is 20.1.